The monoisotopic (exact) mass is 525 g/mol. The maximum Gasteiger partial charge on any atom is 0.191 e. The van der Waals surface area contributed by atoms with Crippen LogP contribution in [0.4, 0.5) is 0 Å². The molecule has 0 radical (unpaired) electrons. The Morgan fingerprint density at radius 2 is 1.53 bits per heavy atom. The van der Waals surface area contributed by atoms with Crippen molar-refractivity contribution in [1.82, 2.24) is 20.4 Å². The summed E-state index contributed by atoms with van der Waals surface area (Å²) in [6.07, 6.45) is 9.14. The maximum atomic E-state index is 4.55. The number of nitrogens with one attached hydrogen (secondary N) is 2. The standard InChI is InChI=1S/C24H39N5.HI/c1-25-22(26-19-23(11-12-23)21-9-5-3-6-10-21)27-20-24(13-17-28(2)18-14-24)29-15-7-4-8-16-29;/h3,5-6,9-10H,4,7-8,11-20H2,1-2H3,(H2,25,26,27);1H. The third kappa shape index (κ3) is 5.49. The molecule has 2 heterocycles. The second kappa shape index (κ2) is 10.6. The van der Waals surface area contributed by atoms with Gasteiger partial charge in [-0.1, -0.05) is 36.8 Å². The van der Waals surface area contributed by atoms with Crippen LogP contribution in [0.5, 0.6) is 0 Å². The summed E-state index contributed by atoms with van der Waals surface area (Å²) < 4.78 is 0. The summed E-state index contributed by atoms with van der Waals surface area (Å²) in [6.45, 7) is 6.88. The topological polar surface area (TPSA) is 42.9 Å². The smallest absolute Gasteiger partial charge is 0.191 e. The van der Waals surface area contributed by atoms with E-state index in [0.29, 0.717) is 5.41 Å². The van der Waals surface area contributed by atoms with E-state index in [1.807, 2.05) is 7.05 Å². The fourth-order valence-electron chi connectivity index (χ4n) is 5.24. The van der Waals surface area contributed by atoms with Gasteiger partial charge in [-0.05, 0) is 77.3 Å². The van der Waals surface area contributed by atoms with Crippen LogP contribution in [0, 0.1) is 0 Å². The van der Waals surface area contributed by atoms with Crippen molar-refractivity contribution < 1.29 is 0 Å². The van der Waals surface area contributed by atoms with Crippen molar-refractivity contribution >= 4 is 29.9 Å². The highest BCUT2D eigenvalue weighted by atomic mass is 127. The van der Waals surface area contributed by atoms with Gasteiger partial charge in [-0.25, -0.2) is 0 Å². The zero-order chi connectivity index (χ0) is 20.2. The van der Waals surface area contributed by atoms with Crippen LogP contribution in [-0.2, 0) is 5.41 Å². The average molecular weight is 526 g/mol. The van der Waals surface area contributed by atoms with Gasteiger partial charge in [0.25, 0.3) is 0 Å². The summed E-state index contributed by atoms with van der Waals surface area (Å²) in [5.41, 5.74) is 2.04. The Hall–Kier alpha value is -0.860. The highest BCUT2D eigenvalue weighted by Gasteiger charge is 2.44. The molecule has 0 bridgehead atoms. The Morgan fingerprint density at radius 1 is 0.900 bits per heavy atom. The molecule has 2 saturated heterocycles. The van der Waals surface area contributed by atoms with E-state index in [2.05, 4.69) is 62.8 Å². The first-order valence-electron chi connectivity index (χ1n) is 11.6. The Kier molecular flexibility index (Phi) is 8.44. The average Bonchev–Trinajstić information content (AvgIpc) is 3.58. The third-order valence-corrected chi connectivity index (χ3v) is 7.59. The molecule has 3 aliphatic rings. The molecule has 168 valence electrons. The summed E-state index contributed by atoms with van der Waals surface area (Å²) in [5.74, 6) is 0.961. The van der Waals surface area contributed by atoms with Crippen LogP contribution >= 0.6 is 24.0 Å². The van der Waals surface area contributed by atoms with Gasteiger partial charge in [0.05, 0.1) is 0 Å². The number of nitrogens with zero attached hydrogens (tertiary/aromatic N) is 3. The Morgan fingerprint density at radius 3 is 2.13 bits per heavy atom. The van der Waals surface area contributed by atoms with Crippen molar-refractivity contribution in [1.29, 1.82) is 0 Å². The summed E-state index contributed by atoms with van der Waals surface area (Å²) in [5, 5.41) is 7.37. The molecule has 30 heavy (non-hydrogen) atoms. The molecule has 4 rings (SSSR count). The second-order valence-electron chi connectivity index (χ2n) is 9.50. The number of likely N-dealkylation sites (tertiary alicyclic amines) is 2. The fraction of sp³-hybridized carbons (Fsp3) is 0.708. The van der Waals surface area contributed by atoms with Gasteiger partial charge in [0.1, 0.15) is 0 Å². The zero-order valence-electron chi connectivity index (χ0n) is 18.8. The summed E-state index contributed by atoms with van der Waals surface area (Å²) in [7, 11) is 4.16. The van der Waals surface area contributed by atoms with Gasteiger partial charge >= 0.3 is 0 Å². The Bertz CT molecular complexity index is 674. The number of rotatable bonds is 6. The predicted molar refractivity (Wildman–Crippen MR) is 137 cm³/mol. The van der Waals surface area contributed by atoms with E-state index in [1.54, 1.807) is 0 Å². The number of aliphatic imine (C=N–C) groups is 1. The van der Waals surface area contributed by atoms with E-state index in [-0.39, 0.29) is 29.5 Å². The highest BCUT2D eigenvalue weighted by Crippen LogP contribution is 2.47. The molecule has 1 saturated carbocycles. The van der Waals surface area contributed by atoms with E-state index >= 15 is 0 Å². The van der Waals surface area contributed by atoms with Gasteiger partial charge in [0.15, 0.2) is 5.96 Å². The van der Waals surface area contributed by atoms with Crippen molar-refractivity contribution in [2.45, 2.75) is 55.9 Å². The van der Waals surface area contributed by atoms with Crippen LogP contribution in [-0.4, -0.2) is 74.7 Å². The van der Waals surface area contributed by atoms with Crippen LogP contribution in [0.1, 0.15) is 50.5 Å². The van der Waals surface area contributed by atoms with Crippen LogP contribution in [0.3, 0.4) is 0 Å². The van der Waals surface area contributed by atoms with Gasteiger partial charge in [-0.3, -0.25) is 9.89 Å². The van der Waals surface area contributed by atoms with E-state index in [1.165, 1.54) is 76.7 Å². The fourth-order valence-corrected chi connectivity index (χ4v) is 5.24. The SMILES string of the molecule is CN=C(NCC1(c2ccccc2)CC1)NCC1(N2CCCCC2)CCN(C)CC1.I. The first-order chi connectivity index (χ1) is 14.2. The van der Waals surface area contributed by atoms with Crippen LogP contribution in [0.15, 0.2) is 35.3 Å². The maximum absolute atomic E-state index is 4.55. The number of guanidine groups is 1. The molecular weight excluding hydrogens is 485 g/mol. The molecule has 0 atom stereocenters. The minimum absolute atomic E-state index is 0. The normalized spacial score (nSPS) is 24.0. The number of piperidine rings is 2. The molecule has 0 spiro atoms. The summed E-state index contributed by atoms with van der Waals surface area (Å²) in [4.78, 5) is 9.82. The van der Waals surface area contributed by atoms with Gasteiger partial charge in [0, 0.05) is 31.1 Å². The summed E-state index contributed by atoms with van der Waals surface area (Å²) >= 11 is 0. The lowest BCUT2D eigenvalue weighted by atomic mass is 9.84. The minimum Gasteiger partial charge on any atom is -0.356 e. The van der Waals surface area contributed by atoms with Crippen LogP contribution < -0.4 is 10.6 Å². The molecule has 3 fully saturated rings. The van der Waals surface area contributed by atoms with Gasteiger partial charge in [0.2, 0.25) is 0 Å². The number of halogens is 1. The van der Waals surface area contributed by atoms with Crippen molar-refractivity contribution in [3.63, 3.8) is 0 Å². The molecule has 2 aliphatic heterocycles. The Balaban J connectivity index is 0.00000256. The first-order valence-corrected chi connectivity index (χ1v) is 11.6. The quantitative estimate of drug-likeness (QED) is 0.339. The van der Waals surface area contributed by atoms with Crippen molar-refractivity contribution in [2.75, 3.05) is 53.4 Å². The lowest BCUT2D eigenvalue weighted by Gasteiger charge is -2.50. The Labute approximate surface area is 200 Å². The largest absolute Gasteiger partial charge is 0.356 e. The van der Waals surface area contributed by atoms with Crippen molar-refractivity contribution in [3.8, 4) is 0 Å². The summed E-state index contributed by atoms with van der Waals surface area (Å²) in [6, 6.07) is 11.0. The molecule has 0 unspecified atom stereocenters. The second-order valence-corrected chi connectivity index (χ2v) is 9.50. The predicted octanol–water partition coefficient (Wildman–Crippen LogP) is 3.45. The molecule has 0 amide bonds. The van der Waals surface area contributed by atoms with Gasteiger partial charge < -0.3 is 15.5 Å². The number of hydrogen-bond donors (Lipinski definition) is 2. The minimum atomic E-state index is 0. The van der Waals surface area contributed by atoms with Gasteiger partial charge in [-0.15, -0.1) is 24.0 Å². The molecule has 1 aliphatic carbocycles. The third-order valence-electron chi connectivity index (χ3n) is 7.59. The van der Waals surface area contributed by atoms with Crippen molar-refractivity contribution in [3.05, 3.63) is 35.9 Å². The van der Waals surface area contributed by atoms with E-state index in [4.69, 9.17) is 0 Å². The zero-order valence-corrected chi connectivity index (χ0v) is 21.2. The lowest BCUT2D eigenvalue weighted by molar-refractivity contribution is 0.0173. The number of hydrogen-bond acceptors (Lipinski definition) is 3. The highest BCUT2D eigenvalue weighted by molar-refractivity contribution is 14.0. The molecular formula is C24H40IN5. The number of benzene rings is 1. The molecule has 6 heteroatoms. The lowest BCUT2D eigenvalue weighted by Crippen LogP contribution is -2.62. The molecule has 1 aromatic carbocycles. The first kappa shape index (κ1) is 23.8. The van der Waals surface area contributed by atoms with E-state index in [9.17, 15) is 0 Å². The van der Waals surface area contributed by atoms with E-state index < -0.39 is 0 Å². The molecule has 1 aromatic rings. The van der Waals surface area contributed by atoms with Crippen LogP contribution in [0.25, 0.3) is 0 Å². The molecule has 0 aromatic heterocycles. The van der Waals surface area contributed by atoms with Crippen molar-refractivity contribution in [2.24, 2.45) is 4.99 Å². The molecule has 2 N–H and O–H groups in total. The van der Waals surface area contributed by atoms with Gasteiger partial charge in [-0.2, -0.15) is 0 Å². The van der Waals surface area contributed by atoms with Crippen LogP contribution in [0.2, 0.25) is 0 Å². The van der Waals surface area contributed by atoms with E-state index in [0.717, 1.165) is 19.0 Å². The molecule has 5 nitrogen and oxygen atoms in total.